The van der Waals surface area contributed by atoms with Crippen LogP contribution in [0.2, 0.25) is 0 Å². The molecular formula is C13H23N7O2. The third kappa shape index (κ3) is 3.42. The minimum atomic E-state index is -0.458. The predicted octanol–water partition coefficient (Wildman–Crippen LogP) is -2.12. The van der Waals surface area contributed by atoms with Crippen molar-refractivity contribution in [1.82, 2.24) is 34.9 Å². The highest BCUT2D eigenvalue weighted by Gasteiger charge is 2.38. The smallest absolute Gasteiger partial charge is 0.224 e. The average molecular weight is 309 g/mol. The lowest BCUT2D eigenvalue weighted by molar-refractivity contribution is -0.130. The van der Waals surface area contributed by atoms with Crippen LogP contribution in [0.3, 0.4) is 0 Å². The largest absolute Gasteiger partial charge is 0.390 e. The summed E-state index contributed by atoms with van der Waals surface area (Å²) in [4.78, 5) is 18.6. The Balaban J connectivity index is 1.50. The van der Waals surface area contributed by atoms with E-state index in [0.29, 0.717) is 26.1 Å². The van der Waals surface area contributed by atoms with Crippen LogP contribution in [0.15, 0.2) is 6.33 Å². The molecule has 2 atom stereocenters. The number of aryl methyl sites for hydroxylation is 1. The van der Waals surface area contributed by atoms with Gasteiger partial charge < -0.3 is 14.9 Å². The van der Waals surface area contributed by atoms with Crippen molar-refractivity contribution in [2.45, 2.75) is 25.1 Å². The maximum Gasteiger partial charge on any atom is 0.224 e. The van der Waals surface area contributed by atoms with E-state index in [1.165, 1.54) is 6.33 Å². The zero-order valence-corrected chi connectivity index (χ0v) is 12.9. The van der Waals surface area contributed by atoms with Gasteiger partial charge in [0.25, 0.3) is 0 Å². The number of aromatic nitrogens is 4. The van der Waals surface area contributed by atoms with Crippen LogP contribution in [0.25, 0.3) is 0 Å². The molecular weight excluding hydrogens is 286 g/mol. The van der Waals surface area contributed by atoms with Crippen molar-refractivity contribution in [2.24, 2.45) is 0 Å². The van der Waals surface area contributed by atoms with Crippen LogP contribution >= 0.6 is 0 Å². The number of β-amino-alcohol motifs (C(OH)–C–C–N with tert-alkyl or cyclic N) is 1. The molecule has 22 heavy (non-hydrogen) atoms. The number of carbonyl (C=O) groups excluding carboxylic acids is 1. The van der Waals surface area contributed by atoms with E-state index in [1.807, 2.05) is 0 Å². The predicted molar refractivity (Wildman–Crippen MR) is 77.9 cm³/mol. The summed E-state index contributed by atoms with van der Waals surface area (Å²) in [5.41, 5.74) is 0. The summed E-state index contributed by atoms with van der Waals surface area (Å²) in [6.07, 6.45) is 1.40. The van der Waals surface area contributed by atoms with Gasteiger partial charge in [0.15, 0.2) is 0 Å². The van der Waals surface area contributed by atoms with Gasteiger partial charge in [-0.05, 0) is 17.5 Å². The molecule has 0 saturated carbocycles. The SMILES string of the molecule is CN1CCN([C@@H]2CN(C(=O)CCn3cnnn3)C[C@H]2O)CC1. The number of hydrogen-bond donors (Lipinski definition) is 1. The van der Waals surface area contributed by atoms with Crippen LogP contribution in [-0.2, 0) is 11.3 Å². The standard InChI is InChI=1S/C13H23N7O2/c1-17-4-6-18(7-5-17)11-8-19(9-12(11)21)13(22)2-3-20-10-14-15-16-20/h10-12,21H,2-9H2,1H3/t11-,12-/m1/s1. The van der Waals surface area contributed by atoms with Crippen LogP contribution in [0, 0.1) is 0 Å². The fraction of sp³-hybridized carbons (Fsp3) is 0.846. The first-order valence-corrected chi connectivity index (χ1v) is 7.72. The molecule has 2 saturated heterocycles. The highest BCUT2D eigenvalue weighted by Crippen LogP contribution is 2.18. The molecule has 0 radical (unpaired) electrons. The van der Waals surface area contributed by atoms with Gasteiger partial charge in [-0.25, -0.2) is 4.68 Å². The summed E-state index contributed by atoms with van der Waals surface area (Å²) >= 11 is 0. The number of aliphatic hydroxyl groups is 1. The van der Waals surface area contributed by atoms with Crippen molar-refractivity contribution < 1.29 is 9.90 Å². The number of likely N-dealkylation sites (N-methyl/N-ethyl adjacent to an activating group) is 1. The lowest BCUT2D eigenvalue weighted by Crippen LogP contribution is -2.52. The molecule has 2 aliphatic heterocycles. The molecule has 3 rings (SSSR count). The number of likely N-dealkylation sites (tertiary alicyclic amines) is 1. The Morgan fingerprint density at radius 2 is 2.05 bits per heavy atom. The molecule has 1 amide bonds. The maximum absolute atomic E-state index is 12.3. The van der Waals surface area contributed by atoms with E-state index in [9.17, 15) is 9.90 Å². The van der Waals surface area contributed by atoms with Crippen molar-refractivity contribution in [3.63, 3.8) is 0 Å². The Labute approximate surface area is 129 Å². The minimum absolute atomic E-state index is 0.0474. The number of nitrogens with zero attached hydrogens (tertiary/aromatic N) is 7. The molecule has 9 heteroatoms. The maximum atomic E-state index is 12.3. The van der Waals surface area contributed by atoms with Crippen molar-refractivity contribution in [3.8, 4) is 0 Å². The average Bonchev–Trinajstić information content (AvgIpc) is 3.15. The molecule has 122 valence electrons. The van der Waals surface area contributed by atoms with Crippen molar-refractivity contribution in [3.05, 3.63) is 6.33 Å². The van der Waals surface area contributed by atoms with E-state index < -0.39 is 6.10 Å². The zero-order chi connectivity index (χ0) is 15.5. The van der Waals surface area contributed by atoms with Gasteiger partial charge in [0.05, 0.1) is 18.7 Å². The van der Waals surface area contributed by atoms with Crippen LogP contribution in [-0.4, -0.2) is 104 Å². The van der Waals surface area contributed by atoms with Crippen LogP contribution < -0.4 is 0 Å². The zero-order valence-electron chi connectivity index (χ0n) is 12.9. The number of rotatable bonds is 4. The first-order valence-electron chi connectivity index (χ1n) is 7.72. The number of tetrazole rings is 1. The normalized spacial score (nSPS) is 27.5. The number of carbonyl (C=O) groups is 1. The van der Waals surface area contributed by atoms with E-state index in [0.717, 1.165) is 26.2 Å². The molecule has 2 aliphatic rings. The van der Waals surface area contributed by atoms with E-state index in [-0.39, 0.29) is 11.9 Å². The summed E-state index contributed by atoms with van der Waals surface area (Å²) < 4.78 is 1.54. The van der Waals surface area contributed by atoms with Gasteiger partial charge in [0.2, 0.25) is 5.91 Å². The monoisotopic (exact) mass is 309 g/mol. The Kier molecular flexibility index (Phi) is 4.65. The van der Waals surface area contributed by atoms with E-state index >= 15 is 0 Å². The van der Waals surface area contributed by atoms with Crippen LogP contribution in [0.5, 0.6) is 0 Å². The topological polar surface area (TPSA) is 90.6 Å². The van der Waals surface area contributed by atoms with Gasteiger partial charge in [-0.1, -0.05) is 0 Å². The van der Waals surface area contributed by atoms with Gasteiger partial charge in [0.1, 0.15) is 6.33 Å². The Morgan fingerprint density at radius 3 is 2.73 bits per heavy atom. The molecule has 1 N–H and O–H groups in total. The third-order valence-electron chi connectivity index (χ3n) is 4.56. The number of amides is 1. The summed E-state index contributed by atoms with van der Waals surface area (Å²) in [5, 5.41) is 21.1. The van der Waals surface area contributed by atoms with Gasteiger partial charge in [-0.15, -0.1) is 5.10 Å². The highest BCUT2D eigenvalue weighted by atomic mass is 16.3. The number of piperazine rings is 1. The second kappa shape index (κ2) is 6.67. The second-order valence-corrected chi connectivity index (χ2v) is 6.10. The van der Waals surface area contributed by atoms with E-state index in [1.54, 1.807) is 9.58 Å². The van der Waals surface area contributed by atoms with Crippen molar-refractivity contribution in [1.29, 1.82) is 0 Å². The molecule has 1 aromatic rings. The summed E-state index contributed by atoms with van der Waals surface area (Å²) in [5.74, 6) is 0.0474. The quantitative estimate of drug-likeness (QED) is 0.680. The van der Waals surface area contributed by atoms with Gasteiger partial charge in [0, 0.05) is 45.7 Å². The molecule has 1 aromatic heterocycles. The molecule has 3 heterocycles. The fourth-order valence-electron chi connectivity index (χ4n) is 3.14. The van der Waals surface area contributed by atoms with Gasteiger partial charge in [-0.3, -0.25) is 9.69 Å². The van der Waals surface area contributed by atoms with Crippen LogP contribution in [0.1, 0.15) is 6.42 Å². The molecule has 2 fully saturated rings. The number of aliphatic hydroxyl groups excluding tert-OH is 1. The molecule has 0 aliphatic carbocycles. The first kappa shape index (κ1) is 15.3. The lowest BCUT2D eigenvalue weighted by atomic mass is 10.1. The van der Waals surface area contributed by atoms with E-state index in [4.69, 9.17) is 0 Å². The Bertz CT molecular complexity index is 487. The second-order valence-electron chi connectivity index (χ2n) is 6.10. The minimum Gasteiger partial charge on any atom is -0.390 e. The first-order chi connectivity index (χ1) is 10.6. The summed E-state index contributed by atoms with van der Waals surface area (Å²) in [7, 11) is 2.11. The molecule has 0 spiro atoms. The van der Waals surface area contributed by atoms with Crippen LogP contribution in [0.4, 0.5) is 0 Å². The summed E-state index contributed by atoms with van der Waals surface area (Å²) in [6, 6.07) is 0.0608. The summed E-state index contributed by atoms with van der Waals surface area (Å²) in [6.45, 7) is 5.42. The third-order valence-corrected chi connectivity index (χ3v) is 4.56. The van der Waals surface area contributed by atoms with Crippen molar-refractivity contribution >= 4 is 5.91 Å². The Morgan fingerprint density at radius 1 is 1.27 bits per heavy atom. The van der Waals surface area contributed by atoms with Gasteiger partial charge >= 0.3 is 0 Å². The molecule has 0 bridgehead atoms. The van der Waals surface area contributed by atoms with Crippen molar-refractivity contribution in [2.75, 3.05) is 46.3 Å². The lowest BCUT2D eigenvalue weighted by Gasteiger charge is -2.37. The highest BCUT2D eigenvalue weighted by molar-refractivity contribution is 5.76. The van der Waals surface area contributed by atoms with Gasteiger partial charge in [-0.2, -0.15) is 0 Å². The molecule has 0 aromatic carbocycles. The molecule has 9 nitrogen and oxygen atoms in total. The molecule has 0 unspecified atom stereocenters. The Hall–Kier alpha value is -1.58. The van der Waals surface area contributed by atoms with E-state index in [2.05, 4.69) is 32.4 Å². The number of hydrogen-bond acceptors (Lipinski definition) is 7. The fourth-order valence-corrected chi connectivity index (χ4v) is 3.14.